The number of anilines is 1. The molecule has 3 aromatic rings. The molecule has 162 valence electrons. The number of para-hydroxylation sites is 1. The molecule has 0 saturated heterocycles. The molecule has 0 fully saturated rings. The number of fused-ring (bicyclic) bond motifs is 3. The third-order valence-electron chi connectivity index (χ3n) is 4.98. The van der Waals surface area contributed by atoms with Crippen LogP contribution in [0.4, 0.5) is 5.69 Å². The summed E-state index contributed by atoms with van der Waals surface area (Å²) in [6, 6.07) is 23.8. The first kappa shape index (κ1) is 29.0. The second kappa shape index (κ2) is 14.1. The standard InChI is InChI=1S/C22H21NO2.3CO.Cr/c1-22(24)18-13-8-14-19(25-2)20(18)16-11-6-7-12-17(16)21(22)23-15-9-4-3-5-10-15;3*1-2;/h3-14,21,23-24H,1-2H3;;;;/t21-,22-;;;;/m0..../s1. The molecule has 7 heteroatoms. The molecule has 4 rings (SSSR count). The Bertz CT molecular complexity index is 1030. The predicted molar refractivity (Wildman–Crippen MR) is 113 cm³/mol. The van der Waals surface area contributed by atoms with E-state index in [4.69, 9.17) is 18.7 Å². The van der Waals surface area contributed by atoms with E-state index in [1.807, 2.05) is 67.6 Å². The summed E-state index contributed by atoms with van der Waals surface area (Å²) in [5.74, 6) is 0.781. The topological polar surface area (TPSA) is 101 Å². The average molecular weight is 467 g/mol. The first-order chi connectivity index (χ1) is 15.1. The van der Waals surface area contributed by atoms with Crippen molar-refractivity contribution in [1.29, 1.82) is 0 Å². The van der Waals surface area contributed by atoms with E-state index >= 15 is 0 Å². The smallest absolute Gasteiger partial charge is 0 e. The van der Waals surface area contributed by atoms with Crippen LogP contribution in [0, 0.1) is 20.0 Å². The van der Waals surface area contributed by atoms with Crippen molar-refractivity contribution in [2.75, 3.05) is 12.4 Å². The number of hydrogen-bond acceptors (Lipinski definition) is 3. The predicted octanol–water partition coefficient (Wildman–Crippen LogP) is 4.62. The number of methoxy groups -OCH3 is 1. The van der Waals surface area contributed by atoms with E-state index in [2.05, 4.69) is 37.4 Å². The van der Waals surface area contributed by atoms with E-state index in [0.717, 1.165) is 33.7 Å². The molecule has 0 aliphatic heterocycles. The first-order valence-electron chi connectivity index (χ1n) is 9.05. The second-order valence-electron chi connectivity index (χ2n) is 6.56. The fourth-order valence-corrected chi connectivity index (χ4v) is 3.75. The summed E-state index contributed by atoms with van der Waals surface area (Å²) in [6.45, 7) is 15.4. The number of benzene rings is 3. The van der Waals surface area contributed by atoms with Crippen LogP contribution in [0.1, 0.15) is 24.1 Å². The number of hydrogen-bond donors (Lipinski definition) is 2. The maximum Gasteiger partial charge on any atom is 0 e. The summed E-state index contributed by atoms with van der Waals surface area (Å²) in [7, 11) is 1.67. The molecule has 0 amide bonds. The van der Waals surface area contributed by atoms with Crippen molar-refractivity contribution in [3.63, 3.8) is 0 Å². The monoisotopic (exact) mass is 467 g/mol. The molecule has 2 N–H and O–H groups in total. The molecule has 0 aromatic heterocycles. The Labute approximate surface area is 198 Å². The van der Waals surface area contributed by atoms with Crippen LogP contribution >= 0.6 is 0 Å². The van der Waals surface area contributed by atoms with Crippen molar-refractivity contribution in [2.24, 2.45) is 0 Å². The minimum Gasteiger partial charge on any atom is 0 e. The van der Waals surface area contributed by atoms with Gasteiger partial charge in [0.1, 0.15) is 11.4 Å². The fourth-order valence-electron chi connectivity index (χ4n) is 3.75. The molecule has 32 heavy (non-hydrogen) atoms. The Morgan fingerprint density at radius 2 is 1.41 bits per heavy atom. The van der Waals surface area contributed by atoms with Gasteiger partial charge in [-0.25, -0.2) is 0 Å². The zero-order valence-corrected chi connectivity index (χ0v) is 18.8. The van der Waals surface area contributed by atoms with Gasteiger partial charge in [-0.3, -0.25) is 0 Å². The van der Waals surface area contributed by atoms with Crippen LogP contribution in [-0.2, 0) is 36.9 Å². The van der Waals surface area contributed by atoms with Gasteiger partial charge in [-0.05, 0) is 41.8 Å². The van der Waals surface area contributed by atoms with Gasteiger partial charge in [-0.15, -0.1) is 0 Å². The minimum atomic E-state index is -1.08. The average Bonchev–Trinajstić information content (AvgIpc) is 2.86. The van der Waals surface area contributed by atoms with Gasteiger partial charge in [0.2, 0.25) is 0 Å². The van der Waals surface area contributed by atoms with Crippen molar-refractivity contribution < 1.29 is 41.2 Å². The second-order valence-corrected chi connectivity index (χ2v) is 6.56. The van der Waals surface area contributed by atoms with Crippen LogP contribution in [0.25, 0.3) is 11.1 Å². The number of aliphatic hydroxyl groups is 1. The van der Waals surface area contributed by atoms with E-state index in [1.54, 1.807) is 7.11 Å². The molecular formula is C25H21CrNO5. The third-order valence-corrected chi connectivity index (χ3v) is 4.98. The zero-order valence-electron chi connectivity index (χ0n) is 17.5. The van der Waals surface area contributed by atoms with E-state index in [9.17, 15) is 5.11 Å². The van der Waals surface area contributed by atoms with Gasteiger partial charge in [0.15, 0.2) is 0 Å². The molecule has 0 spiro atoms. The van der Waals surface area contributed by atoms with Crippen molar-refractivity contribution in [3.8, 4) is 16.9 Å². The minimum absolute atomic E-state index is 0. The van der Waals surface area contributed by atoms with E-state index in [0.29, 0.717) is 0 Å². The molecule has 2 atom stereocenters. The fraction of sp³-hybridized carbons (Fsp3) is 0.160. The van der Waals surface area contributed by atoms with Crippen LogP contribution < -0.4 is 10.1 Å². The Kier molecular flexibility index (Phi) is 12.8. The van der Waals surface area contributed by atoms with Gasteiger partial charge in [-0.2, -0.15) is 0 Å². The van der Waals surface area contributed by atoms with Crippen molar-refractivity contribution in [3.05, 3.63) is 104 Å². The summed E-state index contributed by atoms with van der Waals surface area (Å²) in [4.78, 5) is 0. The van der Waals surface area contributed by atoms with Crippen LogP contribution in [0.3, 0.4) is 0 Å². The Morgan fingerprint density at radius 1 is 0.844 bits per heavy atom. The molecule has 6 nitrogen and oxygen atoms in total. The zero-order chi connectivity index (χ0) is 23.4. The maximum absolute atomic E-state index is 11.5. The van der Waals surface area contributed by atoms with Gasteiger partial charge < -0.3 is 15.2 Å². The van der Waals surface area contributed by atoms with Crippen LogP contribution in [0.2, 0.25) is 0 Å². The summed E-state index contributed by atoms with van der Waals surface area (Å²) in [5.41, 5.74) is 3.90. The Hall–Kier alpha value is -3.03. The number of ether oxygens (including phenoxy) is 1. The van der Waals surface area contributed by atoms with Gasteiger partial charge in [0, 0.05) is 28.6 Å². The van der Waals surface area contributed by atoms with Crippen LogP contribution in [-0.4, -0.2) is 12.2 Å². The molecule has 0 saturated carbocycles. The quantitative estimate of drug-likeness (QED) is 0.434. The van der Waals surface area contributed by atoms with Crippen molar-refractivity contribution in [2.45, 2.75) is 18.6 Å². The van der Waals surface area contributed by atoms with Crippen LogP contribution in [0.5, 0.6) is 5.75 Å². The number of rotatable bonds is 3. The summed E-state index contributed by atoms with van der Waals surface area (Å²) in [5, 5.41) is 15.0. The van der Waals surface area contributed by atoms with Gasteiger partial charge >= 0.3 is 33.9 Å². The Balaban J connectivity index is 0.00000127. The molecular weight excluding hydrogens is 446 g/mol. The molecule has 0 unspecified atom stereocenters. The van der Waals surface area contributed by atoms with Gasteiger partial charge in [0.25, 0.3) is 0 Å². The Morgan fingerprint density at radius 3 is 2.00 bits per heavy atom. The molecule has 1 aliphatic rings. The molecule has 0 heterocycles. The maximum atomic E-state index is 11.5. The summed E-state index contributed by atoms with van der Waals surface area (Å²) in [6.07, 6.45) is 0. The summed E-state index contributed by atoms with van der Waals surface area (Å²) >= 11 is 0. The third kappa shape index (κ3) is 5.81. The number of nitrogens with one attached hydrogen (secondary N) is 1. The van der Waals surface area contributed by atoms with Gasteiger partial charge in [0.05, 0.1) is 13.2 Å². The molecule has 0 radical (unpaired) electrons. The summed E-state index contributed by atoms with van der Waals surface area (Å²) < 4.78 is 28.1. The van der Waals surface area contributed by atoms with Crippen molar-refractivity contribution in [1.82, 2.24) is 0 Å². The van der Waals surface area contributed by atoms with E-state index in [1.165, 1.54) is 0 Å². The van der Waals surface area contributed by atoms with E-state index in [-0.39, 0.29) is 23.4 Å². The first-order valence-corrected chi connectivity index (χ1v) is 9.05. The van der Waals surface area contributed by atoms with Crippen LogP contribution in [0.15, 0.2) is 72.8 Å². The SMILES string of the molecule is COc1cccc2c1-c1ccccc1[C@H](Nc1ccccc1)[C@@]2(C)O.[C-]#[O+].[C-]#[O+].[C-]#[O+].[Cr]. The van der Waals surface area contributed by atoms with Crippen molar-refractivity contribution >= 4 is 5.69 Å². The largest absolute Gasteiger partial charge is 0 e. The molecule has 1 aliphatic carbocycles. The molecule has 3 aromatic carbocycles. The normalized spacial score (nSPS) is 16.7. The molecule has 0 bridgehead atoms. The van der Waals surface area contributed by atoms with E-state index < -0.39 is 5.60 Å². The van der Waals surface area contributed by atoms with Gasteiger partial charge in [-0.1, -0.05) is 54.6 Å².